The van der Waals surface area contributed by atoms with Gasteiger partial charge in [-0.3, -0.25) is 0 Å². The van der Waals surface area contributed by atoms with E-state index in [1.165, 1.54) is 31.4 Å². The average molecular weight is 448 g/mol. The molecule has 2 aromatic carbocycles. The Hall–Kier alpha value is -3.54. The number of ether oxygens (including phenoxy) is 4. The second-order valence-corrected chi connectivity index (χ2v) is 7.29. The van der Waals surface area contributed by atoms with Crippen LogP contribution in [0.3, 0.4) is 0 Å². The molecule has 4 rings (SSSR count). The van der Waals surface area contributed by atoms with Crippen LogP contribution in [-0.4, -0.2) is 75.6 Å². The van der Waals surface area contributed by atoms with Crippen LogP contribution < -0.4 is 4.74 Å². The topological polar surface area (TPSA) is 172 Å². The number of aliphatic hydroxyl groups is 2. The largest absolute Gasteiger partial charge is 0.508 e. The third kappa shape index (κ3) is 3.45. The first-order valence-electron chi connectivity index (χ1n) is 9.55. The van der Waals surface area contributed by atoms with E-state index in [0.717, 1.165) is 6.07 Å². The number of benzene rings is 2. The van der Waals surface area contributed by atoms with Crippen molar-refractivity contribution in [1.29, 1.82) is 0 Å². The number of hydrogen-bond acceptors (Lipinski definition) is 11. The number of rotatable bonds is 4. The molecule has 1 saturated heterocycles. The van der Waals surface area contributed by atoms with Gasteiger partial charge in [0.05, 0.1) is 24.8 Å². The van der Waals surface area contributed by atoms with E-state index in [-0.39, 0.29) is 28.2 Å². The summed E-state index contributed by atoms with van der Waals surface area (Å²) in [5.74, 6) is -3.29. The zero-order chi connectivity index (χ0) is 23.2. The Morgan fingerprint density at radius 2 is 1.84 bits per heavy atom. The van der Waals surface area contributed by atoms with E-state index in [0.29, 0.717) is 0 Å². The number of phenols is 3. The molecule has 2 heterocycles. The lowest BCUT2D eigenvalue weighted by atomic mass is 9.86. The molecule has 0 aromatic heterocycles. The van der Waals surface area contributed by atoms with Gasteiger partial charge in [-0.25, -0.2) is 9.59 Å². The third-order valence-electron chi connectivity index (χ3n) is 5.41. The summed E-state index contributed by atoms with van der Waals surface area (Å²) in [6.07, 6.45) is -6.92. The second-order valence-electron chi connectivity index (χ2n) is 7.29. The summed E-state index contributed by atoms with van der Waals surface area (Å²) in [4.78, 5) is 25.0. The van der Waals surface area contributed by atoms with Gasteiger partial charge in [0.25, 0.3) is 0 Å². The summed E-state index contributed by atoms with van der Waals surface area (Å²) in [7, 11) is 1.20. The molecule has 0 bridgehead atoms. The van der Waals surface area contributed by atoms with E-state index in [1.807, 2.05) is 0 Å². The van der Waals surface area contributed by atoms with E-state index in [4.69, 9.17) is 18.9 Å². The molecule has 0 spiro atoms. The Morgan fingerprint density at radius 1 is 1.16 bits per heavy atom. The van der Waals surface area contributed by atoms with Crippen LogP contribution in [0.25, 0.3) is 0 Å². The minimum Gasteiger partial charge on any atom is -0.508 e. The molecule has 0 saturated carbocycles. The standard InChI is InChI=1S/C21H20O11/c1-29-16-11(24)6-10-13(14(16)25)18-19(32-21(10)28)15(26)17(12(7-22)30-18)31-20(27)8-2-4-9(23)5-3-8/h2-6,12,15,17-19,22-26H,7H2,1H3. The first-order chi connectivity index (χ1) is 15.3. The van der Waals surface area contributed by atoms with Crippen molar-refractivity contribution in [3.63, 3.8) is 0 Å². The van der Waals surface area contributed by atoms with Crippen molar-refractivity contribution in [2.45, 2.75) is 30.5 Å². The SMILES string of the molecule is COc1c(O)cc2c(c1O)C1OC(CO)C(OC(=O)c3ccc(O)cc3)C(O)C1OC2=O. The van der Waals surface area contributed by atoms with E-state index >= 15 is 0 Å². The van der Waals surface area contributed by atoms with Gasteiger partial charge >= 0.3 is 11.9 Å². The number of aliphatic hydroxyl groups excluding tert-OH is 2. The van der Waals surface area contributed by atoms with Crippen molar-refractivity contribution in [2.75, 3.05) is 13.7 Å². The first kappa shape index (κ1) is 21.7. The highest BCUT2D eigenvalue weighted by molar-refractivity contribution is 5.95. The highest BCUT2D eigenvalue weighted by Gasteiger charge is 2.54. The molecule has 5 N–H and O–H groups in total. The summed E-state index contributed by atoms with van der Waals surface area (Å²) in [6.45, 7) is -0.674. The van der Waals surface area contributed by atoms with Crippen LogP contribution in [0.2, 0.25) is 0 Å². The van der Waals surface area contributed by atoms with Gasteiger partial charge in [-0.1, -0.05) is 0 Å². The summed E-state index contributed by atoms with van der Waals surface area (Å²) in [5, 5.41) is 50.6. The fourth-order valence-electron chi connectivity index (χ4n) is 3.87. The molecule has 5 unspecified atom stereocenters. The van der Waals surface area contributed by atoms with Crippen molar-refractivity contribution in [3.8, 4) is 23.0 Å². The zero-order valence-electron chi connectivity index (χ0n) is 16.7. The molecule has 0 radical (unpaired) electrons. The zero-order valence-corrected chi connectivity index (χ0v) is 16.7. The van der Waals surface area contributed by atoms with Crippen LogP contribution in [0.1, 0.15) is 32.4 Å². The minimum absolute atomic E-state index is 0.0623. The Labute approximate surface area is 181 Å². The molecular weight excluding hydrogens is 428 g/mol. The van der Waals surface area contributed by atoms with Gasteiger partial charge in [0, 0.05) is 5.56 Å². The molecule has 2 aromatic rings. The molecule has 11 heteroatoms. The van der Waals surface area contributed by atoms with Crippen LogP contribution in [0.5, 0.6) is 23.0 Å². The maximum absolute atomic E-state index is 12.5. The van der Waals surface area contributed by atoms with Crippen LogP contribution in [0.15, 0.2) is 30.3 Å². The van der Waals surface area contributed by atoms with E-state index < -0.39 is 60.6 Å². The van der Waals surface area contributed by atoms with Crippen molar-refractivity contribution >= 4 is 11.9 Å². The van der Waals surface area contributed by atoms with Gasteiger partial charge in [-0.15, -0.1) is 0 Å². The van der Waals surface area contributed by atoms with Gasteiger partial charge in [0.1, 0.15) is 24.1 Å². The molecule has 170 valence electrons. The highest BCUT2D eigenvalue weighted by atomic mass is 16.6. The van der Waals surface area contributed by atoms with Crippen LogP contribution >= 0.6 is 0 Å². The van der Waals surface area contributed by atoms with Crippen molar-refractivity contribution in [2.24, 2.45) is 0 Å². The van der Waals surface area contributed by atoms with Gasteiger partial charge in [0.15, 0.2) is 23.7 Å². The molecule has 5 atom stereocenters. The lowest BCUT2D eigenvalue weighted by molar-refractivity contribution is -0.235. The van der Waals surface area contributed by atoms with Gasteiger partial charge in [-0.2, -0.15) is 0 Å². The molecule has 0 aliphatic carbocycles. The number of phenolic OH excluding ortho intramolecular Hbond substituents is 3. The fraction of sp³-hybridized carbons (Fsp3) is 0.333. The van der Waals surface area contributed by atoms with Crippen molar-refractivity contribution in [3.05, 3.63) is 47.0 Å². The predicted octanol–water partition coefficient (Wildman–Crippen LogP) is 0.370. The fourth-order valence-corrected chi connectivity index (χ4v) is 3.87. The smallest absolute Gasteiger partial charge is 0.339 e. The maximum Gasteiger partial charge on any atom is 0.339 e. The normalized spacial score (nSPS) is 26.5. The third-order valence-corrected chi connectivity index (χ3v) is 5.41. The number of carbonyl (C=O) groups is 2. The molecule has 11 nitrogen and oxygen atoms in total. The Morgan fingerprint density at radius 3 is 2.47 bits per heavy atom. The monoisotopic (exact) mass is 448 g/mol. The number of methoxy groups -OCH3 is 1. The Kier molecular flexibility index (Phi) is 5.55. The molecule has 32 heavy (non-hydrogen) atoms. The van der Waals surface area contributed by atoms with Gasteiger partial charge in [0.2, 0.25) is 5.75 Å². The number of carbonyl (C=O) groups excluding carboxylic acids is 2. The number of aromatic hydroxyl groups is 3. The van der Waals surface area contributed by atoms with Gasteiger partial charge in [-0.05, 0) is 30.3 Å². The first-order valence-corrected chi connectivity index (χ1v) is 9.55. The van der Waals surface area contributed by atoms with Crippen LogP contribution in [0.4, 0.5) is 0 Å². The number of esters is 2. The van der Waals surface area contributed by atoms with Crippen molar-refractivity contribution < 1.29 is 54.1 Å². The summed E-state index contributed by atoms with van der Waals surface area (Å²) < 4.78 is 21.3. The van der Waals surface area contributed by atoms with E-state index in [9.17, 15) is 35.1 Å². The van der Waals surface area contributed by atoms with Crippen molar-refractivity contribution in [1.82, 2.24) is 0 Å². The highest BCUT2D eigenvalue weighted by Crippen LogP contribution is 2.50. The molecule has 1 fully saturated rings. The Balaban J connectivity index is 1.67. The summed E-state index contributed by atoms with van der Waals surface area (Å²) in [5.41, 5.74) is -0.232. The summed E-state index contributed by atoms with van der Waals surface area (Å²) in [6, 6.07) is 6.19. The number of hydrogen-bond donors (Lipinski definition) is 5. The maximum atomic E-state index is 12.5. The second kappa shape index (κ2) is 8.19. The lowest BCUT2D eigenvalue weighted by Gasteiger charge is -2.45. The molecule has 2 aliphatic rings. The molecule has 2 aliphatic heterocycles. The predicted molar refractivity (Wildman–Crippen MR) is 104 cm³/mol. The summed E-state index contributed by atoms with van der Waals surface area (Å²) >= 11 is 0. The Bertz CT molecular complexity index is 1050. The lowest BCUT2D eigenvalue weighted by Crippen LogP contribution is -2.59. The number of fused-ring (bicyclic) bond motifs is 3. The quantitative estimate of drug-likeness (QED) is 0.409. The van der Waals surface area contributed by atoms with E-state index in [2.05, 4.69) is 0 Å². The van der Waals surface area contributed by atoms with Crippen LogP contribution in [-0.2, 0) is 14.2 Å². The van der Waals surface area contributed by atoms with Crippen LogP contribution in [0, 0.1) is 0 Å². The van der Waals surface area contributed by atoms with E-state index in [1.54, 1.807) is 0 Å². The van der Waals surface area contributed by atoms with Gasteiger partial charge < -0.3 is 44.5 Å². The average Bonchev–Trinajstić information content (AvgIpc) is 2.77. The minimum atomic E-state index is -1.62. The molecular formula is C21H20O11. The molecule has 0 amide bonds.